The minimum atomic E-state index is -5.16. The van der Waals surface area contributed by atoms with E-state index >= 15 is 0 Å². The standard InChI is InChI=1S/C51H79O14P/c1-3-5-7-9-11-12-13-14-15-16-17-18-19-20-21-22-25-29-33-37-44(52)61-39-41(40-62-66(59,60)65-51-49(57)47(55)46(54)48(56)50(51)58)63-45(53)38-34-30-26-23-24-28-32-36-43-42(64-43)35-31-27-10-8-6-4-2/h5,7,11-12,14-15,17-18,20-21,23,25-29,31-32,41-43,46-51,54-58H,3-4,6,8-10,13,16,19,22,24,30,33-40H2,1-2H3,(H,59,60)/b7-5-,12-11-,15-14-,18-17-,21-20-,26-23-,29-25-,31-27-,32-28-/t41-,42?,43?,46?,47-,48+,49-,50-,51?/m1/s1. The molecular formula is C51H79O14P. The zero-order chi connectivity index (χ0) is 48.3. The van der Waals surface area contributed by atoms with E-state index in [-0.39, 0.29) is 18.9 Å². The molecule has 0 spiro atoms. The van der Waals surface area contributed by atoms with Crippen LogP contribution >= 0.6 is 7.82 Å². The molecule has 0 aromatic heterocycles. The quantitative estimate of drug-likeness (QED) is 0.0114. The first-order chi connectivity index (χ1) is 31.9. The van der Waals surface area contributed by atoms with Gasteiger partial charge in [0.1, 0.15) is 43.2 Å². The molecule has 1 heterocycles. The van der Waals surface area contributed by atoms with Crippen LogP contribution in [0.3, 0.4) is 0 Å². The number of allylic oxidation sites excluding steroid dienone is 16. The third-order valence-electron chi connectivity index (χ3n) is 10.5. The second kappa shape index (κ2) is 36.5. The fourth-order valence-electron chi connectivity index (χ4n) is 6.58. The van der Waals surface area contributed by atoms with Gasteiger partial charge in [-0.1, -0.05) is 136 Å². The summed E-state index contributed by atoms with van der Waals surface area (Å²) in [5.74, 6) is -1.28. The van der Waals surface area contributed by atoms with Gasteiger partial charge >= 0.3 is 19.8 Å². The molecule has 0 radical (unpaired) electrons. The summed E-state index contributed by atoms with van der Waals surface area (Å²) in [5.41, 5.74) is 0. The van der Waals surface area contributed by atoms with Crippen molar-refractivity contribution in [3.05, 3.63) is 109 Å². The number of esters is 2. The molecule has 10 atom stereocenters. The van der Waals surface area contributed by atoms with Crippen LogP contribution in [0.1, 0.15) is 129 Å². The smallest absolute Gasteiger partial charge is 0.462 e. The van der Waals surface area contributed by atoms with E-state index in [0.717, 1.165) is 57.8 Å². The summed E-state index contributed by atoms with van der Waals surface area (Å²) in [6.45, 7) is 3.02. The lowest BCUT2D eigenvalue weighted by atomic mass is 9.85. The molecule has 0 bridgehead atoms. The second-order valence-corrected chi connectivity index (χ2v) is 17.7. The number of hydrogen-bond donors (Lipinski definition) is 6. The lowest BCUT2D eigenvalue weighted by Gasteiger charge is -2.41. The zero-order valence-corrected chi connectivity index (χ0v) is 40.0. The second-order valence-electron chi connectivity index (χ2n) is 16.3. The monoisotopic (exact) mass is 947 g/mol. The molecule has 14 nitrogen and oxygen atoms in total. The fourth-order valence-corrected chi connectivity index (χ4v) is 7.55. The molecule has 66 heavy (non-hydrogen) atoms. The molecule has 2 aliphatic rings. The zero-order valence-electron chi connectivity index (χ0n) is 39.1. The van der Waals surface area contributed by atoms with E-state index in [1.54, 1.807) is 0 Å². The Kier molecular flexibility index (Phi) is 32.4. The van der Waals surface area contributed by atoms with Crippen LogP contribution in [-0.2, 0) is 37.4 Å². The molecule has 2 rings (SSSR count). The van der Waals surface area contributed by atoms with Gasteiger partial charge in [-0.05, 0) is 89.9 Å². The molecule has 1 aliphatic heterocycles. The Balaban J connectivity index is 1.76. The van der Waals surface area contributed by atoms with Gasteiger partial charge in [0, 0.05) is 12.8 Å². The maximum Gasteiger partial charge on any atom is 0.472 e. The number of carbonyl (C=O) groups is 2. The minimum Gasteiger partial charge on any atom is -0.462 e. The fraction of sp³-hybridized carbons (Fsp3) is 0.608. The number of rotatable bonds is 36. The van der Waals surface area contributed by atoms with Crippen LogP contribution in [0.4, 0.5) is 0 Å². The number of hydrogen-bond acceptors (Lipinski definition) is 13. The normalized spacial score (nSPS) is 25.3. The molecule has 1 aliphatic carbocycles. The maximum atomic E-state index is 12.8. The van der Waals surface area contributed by atoms with Crippen LogP contribution in [0.2, 0.25) is 0 Å². The van der Waals surface area contributed by atoms with Gasteiger partial charge in [-0.25, -0.2) is 4.57 Å². The van der Waals surface area contributed by atoms with E-state index in [0.29, 0.717) is 31.8 Å². The highest BCUT2D eigenvalue weighted by Gasteiger charge is 2.51. The first-order valence-corrected chi connectivity index (χ1v) is 25.3. The summed E-state index contributed by atoms with van der Waals surface area (Å²) in [7, 11) is -5.16. The highest BCUT2D eigenvalue weighted by Crippen LogP contribution is 2.47. The summed E-state index contributed by atoms with van der Waals surface area (Å²) in [5, 5.41) is 50.2. The Morgan fingerprint density at radius 3 is 1.55 bits per heavy atom. The topological polar surface area (TPSA) is 222 Å². The van der Waals surface area contributed by atoms with E-state index in [2.05, 4.69) is 92.8 Å². The third-order valence-corrected chi connectivity index (χ3v) is 11.5. The maximum absolute atomic E-state index is 12.8. The number of ether oxygens (including phenoxy) is 3. The van der Waals surface area contributed by atoms with Gasteiger partial charge < -0.3 is 44.6 Å². The number of phosphoric ester groups is 1. The third kappa shape index (κ3) is 28.0. The molecule has 372 valence electrons. The van der Waals surface area contributed by atoms with Crippen molar-refractivity contribution in [2.24, 2.45) is 0 Å². The summed E-state index contributed by atoms with van der Waals surface area (Å²) < 4.78 is 39.2. The van der Waals surface area contributed by atoms with Gasteiger partial charge in [-0.2, -0.15) is 0 Å². The van der Waals surface area contributed by atoms with Crippen molar-refractivity contribution in [3.63, 3.8) is 0 Å². The van der Waals surface area contributed by atoms with Crippen LogP contribution in [0, 0.1) is 0 Å². The van der Waals surface area contributed by atoms with Crippen LogP contribution in [0.5, 0.6) is 0 Å². The first kappa shape index (κ1) is 58.6. The Morgan fingerprint density at radius 1 is 0.545 bits per heavy atom. The van der Waals surface area contributed by atoms with Crippen LogP contribution in [-0.4, -0.2) is 111 Å². The Labute approximate surface area is 393 Å². The molecule has 6 N–H and O–H groups in total. The molecule has 2 fully saturated rings. The number of epoxide rings is 1. The molecule has 0 aromatic carbocycles. The minimum absolute atomic E-state index is 0.00733. The molecule has 0 amide bonds. The lowest BCUT2D eigenvalue weighted by molar-refractivity contribution is -0.220. The summed E-state index contributed by atoms with van der Waals surface area (Å²) in [6, 6.07) is 0. The largest absolute Gasteiger partial charge is 0.472 e. The van der Waals surface area contributed by atoms with Crippen molar-refractivity contribution < 1.29 is 67.8 Å². The van der Waals surface area contributed by atoms with Crippen molar-refractivity contribution in [2.75, 3.05) is 13.2 Å². The number of carbonyl (C=O) groups excluding carboxylic acids is 2. The lowest BCUT2D eigenvalue weighted by Crippen LogP contribution is -2.64. The summed E-state index contributed by atoms with van der Waals surface area (Å²) in [4.78, 5) is 35.7. The van der Waals surface area contributed by atoms with Crippen LogP contribution in [0.15, 0.2) is 109 Å². The van der Waals surface area contributed by atoms with E-state index < -0.39 is 75.7 Å². The van der Waals surface area contributed by atoms with Crippen molar-refractivity contribution >= 4 is 19.8 Å². The molecular weight excluding hydrogens is 868 g/mol. The van der Waals surface area contributed by atoms with Gasteiger partial charge in [0.15, 0.2) is 6.10 Å². The molecule has 1 saturated carbocycles. The van der Waals surface area contributed by atoms with Crippen LogP contribution < -0.4 is 0 Å². The van der Waals surface area contributed by atoms with E-state index in [1.807, 2.05) is 30.4 Å². The van der Waals surface area contributed by atoms with Gasteiger partial charge in [0.2, 0.25) is 0 Å². The Bertz CT molecular complexity index is 1630. The molecule has 15 heteroatoms. The van der Waals surface area contributed by atoms with Crippen LogP contribution in [0.25, 0.3) is 0 Å². The Morgan fingerprint density at radius 2 is 1.00 bits per heavy atom. The van der Waals surface area contributed by atoms with E-state index in [9.17, 15) is 44.6 Å². The average molecular weight is 947 g/mol. The number of aliphatic hydroxyl groups excluding tert-OH is 5. The molecule has 0 aromatic rings. The SMILES string of the molecule is CC/C=C\C/C=C\C/C=C\C/C=C\C/C=C\C/C=C\CCC(=O)OC[C@H](COP(=O)(O)OC1[C@H](O)[C@H](O)C(O)[C@H](O)[C@H]1O)OC(=O)CCC/C=C\C/C=C\CC1OC1C/C=C\CCCCC. The average Bonchev–Trinajstić information content (AvgIpc) is 4.06. The first-order valence-electron chi connectivity index (χ1n) is 23.8. The highest BCUT2D eigenvalue weighted by molar-refractivity contribution is 7.47. The molecule has 5 unspecified atom stereocenters. The summed E-state index contributed by atoms with van der Waals surface area (Å²) in [6.07, 6.45) is 39.0. The predicted octanol–water partition coefficient (Wildman–Crippen LogP) is 8.60. The summed E-state index contributed by atoms with van der Waals surface area (Å²) >= 11 is 0. The Hall–Kier alpha value is -3.53. The number of aliphatic hydroxyl groups is 5. The number of phosphoric acid groups is 1. The molecule has 1 saturated heterocycles. The van der Waals surface area contributed by atoms with Crippen molar-refractivity contribution in [1.82, 2.24) is 0 Å². The van der Waals surface area contributed by atoms with Gasteiger partial charge in [0.25, 0.3) is 0 Å². The van der Waals surface area contributed by atoms with Gasteiger partial charge in [0.05, 0.1) is 18.8 Å². The van der Waals surface area contributed by atoms with Gasteiger partial charge in [-0.3, -0.25) is 18.6 Å². The predicted molar refractivity (Wildman–Crippen MR) is 257 cm³/mol. The van der Waals surface area contributed by atoms with E-state index in [4.69, 9.17) is 23.3 Å². The van der Waals surface area contributed by atoms with Crippen molar-refractivity contribution in [3.8, 4) is 0 Å². The van der Waals surface area contributed by atoms with Crippen molar-refractivity contribution in [1.29, 1.82) is 0 Å². The van der Waals surface area contributed by atoms with Gasteiger partial charge in [-0.15, -0.1) is 0 Å². The number of unbranched alkanes of at least 4 members (excludes halogenated alkanes) is 4. The van der Waals surface area contributed by atoms with E-state index in [1.165, 1.54) is 19.3 Å². The van der Waals surface area contributed by atoms with Crippen molar-refractivity contribution in [2.45, 2.75) is 184 Å². The highest BCUT2D eigenvalue weighted by atomic mass is 31.2.